The average Bonchev–Trinajstić information content (AvgIpc) is 2.46. The number of fused-ring (bicyclic) bond motifs is 3. The molecule has 0 aliphatic carbocycles. The number of ether oxygens (including phenoxy) is 1. The fourth-order valence-corrected chi connectivity index (χ4v) is 2.08. The number of carbonyl (C=O) groups is 2. The van der Waals surface area contributed by atoms with E-state index in [2.05, 4.69) is 4.98 Å². The quantitative estimate of drug-likeness (QED) is 0.826. The van der Waals surface area contributed by atoms with Gasteiger partial charge in [0.25, 0.3) is 5.56 Å². The molecule has 1 aromatic carbocycles. The minimum atomic E-state index is -1.38. The van der Waals surface area contributed by atoms with Crippen molar-refractivity contribution in [2.45, 2.75) is 6.61 Å². The van der Waals surface area contributed by atoms with Crippen molar-refractivity contribution in [3.05, 3.63) is 51.7 Å². The molecule has 0 saturated carbocycles. The number of nitrogens with zero attached hydrogens (tertiary/aromatic N) is 2. The van der Waals surface area contributed by atoms with Gasteiger partial charge in [0.2, 0.25) is 0 Å². The normalized spacial score (nSPS) is 12.0. The summed E-state index contributed by atoms with van der Waals surface area (Å²) in [6, 6.07) is 3.97. The molecule has 2 N–H and O–H groups in total. The summed E-state index contributed by atoms with van der Waals surface area (Å²) in [6.45, 7) is -0.0504. The predicted octanol–water partition coefficient (Wildman–Crippen LogP) is 0.521. The molecule has 1 aromatic heterocycles. The van der Waals surface area contributed by atoms with Gasteiger partial charge in [0, 0.05) is 6.20 Å². The van der Waals surface area contributed by atoms with Crippen molar-refractivity contribution in [2.24, 2.45) is 0 Å². The summed E-state index contributed by atoms with van der Waals surface area (Å²) in [6.07, 6.45) is 0.983. The summed E-state index contributed by atoms with van der Waals surface area (Å²) < 4.78 is 6.48. The molecule has 0 bridgehead atoms. The summed E-state index contributed by atoms with van der Waals surface area (Å²) in [5, 5.41) is 17.9. The van der Waals surface area contributed by atoms with E-state index in [9.17, 15) is 14.4 Å². The van der Waals surface area contributed by atoms with E-state index in [1.165, 1.54) is 18.2 Å². The SMILES string of the molecule is O=C(O)c1ccc2c(c1)OCc1ncc(C(=O)O)c(=O)n1-2. The lowest BCUT2D eigenvalue weighted by Crippen LogP contribution is -2.32. The van der Waals surface area contributed by atoms with Crippen LogP contribution in [0.5, 0.6) is 5.75 Å². The Balaban J connectivity index is 2.27. The molecule has 0 radical (unpaired) electrons. The molecule has 8 heteroatoms. The first-order valence-electron chi connectivity index (χ1n) is 5.84. The van der Waals surface area contributed by atoms with Crippen LogP contribution >= 0.6 is 0 Å². The molecule has 0 atom stereocenters. The molecule has 1 aliphatic heterocycles. The third-order valence-corrected chi connectivity index (χ3v) is 3.07. The molecular formula is C13H8N2O6. The molecule has 2 heterocycles. The molecule has 0 unspecified atom stereocenters. The van der Waals surface area contributed by atoms with E-state index in [0.717, 1.165) is 10.8 Å². The summed E-state index contributed by atoms with van der Waals surface area (Å²) in [4.78, 5) is 38.0. The fourth-order valence-electron chi connectivity index (χ4n) is 2.08. The molecule has 1 aliphatic rings. The minimum absolute atomic E-state index is 0.00703. The summed E-state index contributed by atoms with van der Waals surface area (Å²) in [7, 11) is 0. The van der Waals surface area contributed by atoms with Crippen molar-refractivity contribution in [3.63, 3.8) is 0 Å². The summed E-state index contributed by atoms with van der Waals surface area (Å²) in [5.74, 6) is -2.07. The van der Waals surface area contributed by atoms with Crippen LogP contribution in [-0.4, -0.2) is 31.7 Å². The highest BCUT2D eigenvalue weighted by Crippen LogP contribution is 2.28. The number of hydrogen-bond donors (Lipinski definition) is 2. The number of carboxylic acid groups (broad SMARTS) is 2. The van der Waals surface area contributed by atoms with Crippen LogP contribution in [0.1, 0.15) is 26.5 Å². The predicted molar refractivity (Wildman–Crippen MR) is 68.1 cm³/mol. The van der Waals surface area contributed by atoms with Gasteiger partial charge in [0.05, 0.1) is 11.3 Å². The first-order chi connectivity index (χ1) is 9.99. The number of carboxylic acids is 2. The Hall–Kier alpha value is -3.16. The zero-order chi connectivity index (χ0) is 15.1. The second-order valence-electron chi connectivity index (χ2n) is 4.31. The Kier molecular flexibility index (Phi) is 2.72. The van der Waals surface area contributed by atoms with Gasteiger partial charge in [-0.25, -0.2) is 14.6 Å². The molecule has 0 fully saturated rings. The maximum absolute atomic E-state index is 12.2. The van der Waals surface area contributed by atoms with E-state index in [-0.39, 0.29) is 29.4 Å². The molecule has 0 spiro atoms. The van der Waals surface area contributed by atoms with Crippen molar-refractivity contribution in [1.82, 2.24) is 9.55 Å². The molecule has 106 valence electrons. The van der Waals surface area contributed by atoms with Crippen LogP contribution in [0.3, 0.4) is 0 Å². The first-order valence-corrected chi connectivity index (χ1v) is 5.84. The third-order valence-electron chi connectivity index (χ3n) is 3.07. The first kappa shape index (κ1) is 12.9. The van der Waals surface area contributed by atoms with Gasteiger partial charge in [-0.1, -0.05) is 0 Å². The van der Waals surface area contributed by atoms with Crippen LogP contribution in [0.25, 0.3) is 5.69 Å². The Bertz CT molecular complexity index is 839. The van der Waals surface area contributed by atoms with Gasteiger partial charge >= 0.3 is 11.9 Å². The Morgan fingerprint density at radius 2 is 2.00 bits per heavy atom. The highest BCUT2D eigenvalue weighted by Gasteiger charge is 2.23. The Morgan fingerprint density at radius 1 is 1.24 bits per heavy atom. The van der Waals surface area contributed by atoms with Crippen LogP contribution in [0.2, 0.25) is 0 Å². The summed E-state index contributed by atoms with van der Waals surface area (Å²) in [5.41, 5.74) is -0.927. The summed E-state index contributed by atoms with van der Waals surface area (Å²) >= 11 is 0. The number of aromatic carboxylic acids is 2. The maximum Gasteiger partial charge on any atom is 0.342 e. The van der Waals surface area contributed by atoms with Gasteiger partial charge in [-0.05, 0) is 18.2 Å². The molecule has 21 heavy (non-hydrogen) atoms. The van der Waals surface area contributed by atoms with Gasteiger partial charge in [-0.3, -0.25) is 9.36 Å². The van der Waals surface area contributed by atoms with Crippen molar-refractivity contribution in [1.29, 1.82) is 0 Å². The lowest BCUT2D eigenvalue weighted by atomic mass is 10.1. The number of rotatable bonds is 2. The molecule has 0 amide bonds. The van der Waals surface area contributed by atoms with Crippen LogP contribution in [0.4, 0.5) is 0 Å². The smallest absolute Gasteiger partial charge is 0.342 e. The average molecular weight is 288 g/mol. The molecule has 3 rings (SSSR count). The monoisotopic (exact) mass is 288 g/mol. The Morgan fingerprint density at radius 3 is 2.67 bits per heavy atom. The van der Waals surface area contributed by atoms with E-state index in [1.807, 2.05) is 0 Å². The third kappa shape index (κ3) is 1.93. The number of benzene rings is 1. The molecular weight excluding hydrogens is 280 g/mol. The van der Waals surface area contributed by atoms with E-state index in [0.29, 0.717) is 0 Å². The van der Waals surface area contributed by atoms with Gasteiger partial charge in [-0.2, -0.15) is 0 Å². The fraction of sp³-hybridized carbons (Fsp3) is 0.0769. The van der Waals surface area contributed by atoms with Crippen molar-refractivity contribution in [2.75, 3.05) is 0 Å². The lowest BCUT2D eigenvalue weighted by molar-refractivity contribution is 0.0684. The van der Waals surface area contributed by atoms with E-state index in [1.54, 1.807) is 0 Å². The van der Waals surface area contributed by atoms with Gasteiger partial charge < -0.3 is 14.9 Å². The maximum atomic E-state index is 12.2. The van der Waals surface area contributed by atoms with E-state index < -0.39 is 23.1 Å². The van der Waals surface area contributed by atoms with Crippen LogP contribution in [-0.2, 0) is 6.61 Å². The standard InChI is InChI=1S/C13H8N2O6/c16-11-7(13(19)20)4-14-10-5-21-9-3-6(12(17)18)1-2-8(9)15(10)11/h1-4H,5H2,(H,17,18)(H,19,20). The largest absolute Gasteiger partial charge is 0.483 e. The second kappa shape index (κ2) is 4.44. The zero-order valence-corrected chi connectivity index (χ0v) is 10.4. The van der Waals surface area contributed by atoms with E-state index >= 15 is 0 Å². The molecule has 0 saturated heterocycles. The number of aromatic nitrogens is 2. The van der Waals surface area contributed by atoms with Crippen molar-refractivity contribution >= 4 is 11.9 Å². The van der Waals surface area contributed by atoms with Crippen molar-refractivity contribution < 1.29 is 24.5 Å². The highest BCUT2D eigenvalue weighted by atomic mass is 16.5. The topological polar surface area (TPSA) is 119 Å². The molecule has 8 nitrogen and oxygen atoms in total. The minimum Gasteiger partial charge on any atom is -0.483 e. The van der Waals surface area contributed by atoms with Crippen molar-refractivity contribution in [3.8, 4) is 11.4 Å². The van der Waals surface area contributed by atoms with Gasteiger partial charge in [0.1, 0.15) is 17.9 Å². The lowest BCUT2D eigenvalue weighted by Gasteiger charge is -2.21. The van der Waals surface area contributed by atoms with Gasteiger partial charge in [-0.15, -0.1) is 0 Å². The van der Waals surface area contributed by atoms with E-state index in [4.69, 9.17) is 14.9 Å². The van der Waals surface area contributed by atoms with Crippen LogP contribution in [0, 0.1) is 0 Å². The Labute approximate surface area is 116 Å². The number of hydrogen-bond acceptors (Lipinski definition) is 5. The zero-order valence-electron chi connectivity index (χ0n) is 10.4. The van der Waals surface area contributed by atoms with Gasteiger partial charge in [0.15, 0.2) is 5.82 Å². The van der Waals surface area contributed by atoms with Crippen LogP contribution < -0.4 is 10.3 Å². The van der Waals surface area contributed by atoms with Crippen LogP contribution in [0.15, 0.2) is 29.2 Å². The highest BCUT2D eigenvalue weighted by molar-refractivity contribution is 5.89. The molecule has 2 aromatic rings. The second-order valence-corrected chi connectivity index (χ2v) is 4.31.